The van der Waals surface area contributed by atoms with E-state index in [1.807, 2.05) is 6.20 Å². The predicted octanol–water partition coefficient (Wildman–Crippen LogP) is 10.3. The summed E-state index contributed by atoms with van der Waals surface area (Å²) in [4.78, 5) is 5.00. The van der Waals surface area contributed by atoms with Crippen molar-refractivity contribution in [2.24, 2.45) is 0 Å². The second kappa shape index (κ2) is 16.5. The Labute approximate surface area is 227 Å². The van der Waals surface area contributed by atoms with Gasteiger partial charge in [0.25, 0.3) is 0 Å². The minimum absolute atomic E-state index is 0.0150. The average Bonchev–Trinajstić information content (AvgIpc) is 3.39. The van der Waals surface area contributed by atoms with Gasteiger partial charge in [-0.15, -0.1) is 0 Å². The van der Waals surface area contributed by atoms with Gasteiger partial charge in [0, 0.05) is 30.3 Å². The Kier molecular flexibility index (Phi) is 13.0. The molecule has 3 aromatic rings. The van der Waals surface area contributed by atoms with Gasteiger partial charge in [-0.25, -0.2) is 4.98 Å². The van der Waals surface area contributed by atoms with Crippen molar-refractivity contribution in [2.45, 2.75) is 129 Å². The van der Waals surface area contributed by atoms with Crippen LogP contribution in [0.5, 0.6) is 0 Å². The highest BCUT2D eigenvalue weighted by Gasteiger charge is 2.38. The van der Waals surface area contributed by atoms with E-state index in [1.54, 1.807) is 0 Å². The first-order valence-corrected chi connectivity index (χ1v) is 15.3. The van der Waals surface area contributed by atoms with E-state index < -0.39 is 0 Å². The van der Waals surface area contributed by atoms with E-state index in [0.29, 0.717) is 5.92 Å². The summed E-state index contributed by atoms with van der Waals surface area (Å²) in [6.07, 6.45) is 22.8. The van der Waals surface area contributed by atoms with Gasteiger partial charge in [-0.2, -0.15) is 0 Å². The van der Waals surface area contributed by atoms with E-state index in [-0.39, 0.29) is 5.41 Å². The molecule has 0 aliphatic heterocycles. The van der Waals surface area contributed by atoms with Gasteiger partial charge >= 0.3 is 0 Å². The maximum atomic E-state index is 5.00. The maximum Gasteiger partial charge on any atom is 0.112 e. The Morgan fingerprint density at radius 3 is 1.86 bits per heavy atom. The Morgan fingerprint density at radius 1 is 0.703 bits per heavy atom. The molecule has 0 bridgehead atoms. The highest BCUT2D eigenvalue weighted by molar-refractivity contribution is 5.33. The molecule has 0 amide bonds. The molecule has 2 atom stereocenters. The smallest absolute Gasteiger partial charge is 0.112 e. The molecule has 2 nitrogen and oxygen atoms in total. The number of imidazole rings is 1. The van der Waals surface area contributed by atoms with Crippen LogP contribution in [0.1, 0.15) is 127 Å². The first kappa shape index (κ1) is 29.2. The van der Waals surface area contributed by atoms with Crippen molar-refractivity contribution in [2.75, 3.05) is 0 Å². The summed E-state index contributed by atoms with van der Waals surface area (Å²) in [6, 6.07) is 22.2. The number of nitrogens with zero attached hydrogens (tertiary/aromatic N) is 2. The van der Waals surface area contributed by atoms with Crippen molar-refractivity contribution >= 4 is 0 Å². The van der Waals surface area contributed by atoms with Gasteiger partial charge in [0.2, 0.25) is 0 Å². The lowest BCUT2D eigenvalue weighted by atomic mass is 9.66. The van der Waals surface area contributed by atoms with Crippen LogP contribution >= 0.6 is 0 Å². The Balaban J connectivity index is 1.62. The van der Waals surface area contributed by atoms with Crippen molar-refractivity contribution < 1.29 is 0 Å². The predicted molar refractivity (Wildman–Crippen MR) is 160 cm³/mol. The number of hydrogen-bond donors (Lipinski definition) is 0. The second-order valence-electron chi connectivity index (χ2n) is 11.3. The number of benzene rings is 2. The lowest BCUT2D eigenvalue weighted by Gasteiger charge is -2.39. The minimum atomic E-state index is -0.0150. The molecule has 202 valence electrons. The molecule has 0 saturated carbocycles. The van der Waals surface area contributed by atoms with E-state index in [4.69, 9.17) is 4.98 Å². The van der Waals surface area contributed by atoms with Crippen LogP contribution in [0.2, 0.25) is 0 Å². The van der Waals surface area contributed by atoms with Crippen LogP contribution in [0, 0.1) is 0 Å². The molecular formula is C35H52N2. The van der Waals surface area contributed by atoms with E-state index in [1.165, 1.54) is 87.6 Å². The molecule has 0 aliphatic carbocycles. The standard InChI is InChI=1S/C35H52N2/c1-4-6-7-8-9-10-11-12-13-14-21-28-37-29-27-36-34(37)33(22-5-2)35(3,32-25-19-16-20-26-32)30-31-23-17-15-18-24-31/h15-20,23-27,29,33H,4-14,21-22,28,30H2,1-3H3. The van der Waals surface area contributed by atoms with Crippen LogP contribution < -0.4 is 0 Å². The van der Waals surface area contributed by atoms with Gasteiger partial charge in [0.05, 0.1) is 0 Å². The third-order valence-corrected chi connectivity index (χ3v) is 8.26. The largest absolute Gasteiger partial charge is 0.335 e. The highest BCUT2D eigenvalue weighted by atomic mass is 15.1. The molecule has 2 heteroatoms. The van der Waals surface area contributed by atoms with E-state index >= 15 is 0 Å². The summed E-state index contributed by atoms with van der Waals surface area (Å²) in [7, 11) is 0. The number of aromatic nitrogens is 2. The van der Waals surface area contributed by atoms with Crippen molar-refractivity contribution in [3.05, 3.63) is 90.0 Å². The molecule has 0 saturated heterocycles. The van der Waals surface area contributed by atoms with Gasteiger partial charge < -0.3 is 4.57 Å². The third-order valence-electron chi connectivity index (χ3n) is 8.26. The van der Waals surface area contributed by atoms with E-state index in [9.17, 15) is 0 Å². The Morgan fingerprint density at radius 2 is 1.27 bits per heavy atom. The first-order chi connectivity index (χ1) is 18.2. The molecule has 0 N–H and O–H groups in total. The summed E-state index contributed by atoms with van der Waals surface area (Å²) >= 11 is 0. The molecule has 0 spiro atoms. The summed E-state index contributed by atoms with van der Waals surface area (Å²) in [5, 5.41) is 0. The van der Waals surface area contributed by atoms with Crippen LogP contribution in [-0.2, 0) is 18.4 Å². The monoisotopic (exact) mass is 500 g/mol. The van der Waals surface area contributed by atoms with Gasteiger partial charge in [0.15, 0.2) is 0 Å². The normalized spacial score (nSPS) is 13.9. The SMILES string of the molecule is CCCCCCCCCCCCCn1ccnc1C(CCC)C(C)(Cc1ccccc1)c1ccccc1. The quantitative estimate of drug-likeness (QED) is 0.150. The molecule has 2 aromatic carbocycles. The zero-order valence-electron chi connectivity index (χ0n) is 24.0. The molecule has 1 aromatic heterocycles. The molecule has 0 fully saturated rings. The van der Waals surface area contributed by atoms with Crippen LogP contribution in [0.4, 0.5) is 0 Å². The highest BCUT2D eigenvalue weighted by Crippen LogP contribution is 2.44. The van der Waals surface area contributed by atoms with E-state index in [2.05, 4.69) is 92.2 Å². The van der Waals surface area contributed by atoms with Crippen molar-refractivity contribution in [1.82, 2.24) is 9.55 Å². The zero-order chi connectivity index (χ0) is 26.2. The second-order valence-corrected chi connectivity index (χ2v) is 11.3. The summed E-state index contributed by atoms with van der Waals surface area (Å²) in [6.45, 7) is 8.17. The zero-order valence-corrected chi connectivity index (χ0v) is 24.0. The first-order valence-electron chi connectivity index (χ1n) is 15.3. The topological polar surface area (TPSA) is 17.8 Å². The van der Waals surface area contributed by atoms with Crippen molar-refractivity contribution in [3.8, 4) is 0 Å². The van der Waals surface area contributed by atoms with Crippen LogP contribution in [0.3, 0.4) is 0 Å². The number of aryl methyl sites for hydroxylation is 1. The van der Waals surface area contributed by atoms with Crippen molar-refractivity contribution in [3.63, 3.8) is 0 Å². The fraction of sp³-hybridized carbons (Fsp3) is 0.571. The average molecular weight is 501 g/mol. The number of hydrogen-bond acceptors (Lipinski definition) is 1. The number of unbranched alkanes of at least 4 members (excludes halogenated alkanes) is 10. The molecule has 1 heterocycles. The van der Waals surface area contributed by atoms with Gasteiger partial charge in [-0.05, 0) is 30.4 Å². The summed E-state index contributed by atoms with van der Waals surface area (Å²) in [5.74, 6) is 1.65. The molecule has 2 unspecified atom stereocenters. The Bertz CT molecular complexity index is 961. The fourth-order valence-electron chi connectivity index (χ4n) is 6.05. The molecule has 37 heavy (non-hydrogen) atoms. The number of rotatable bonds is 19. The van der Waals surface area contributed by atoms with E-state index in [0.717, 1.165) is 25.8 Å². The van der Waals surface area contributed by atoms with Gasteiger partial charge in [-0.1, -0.05) is 152 Å². The Hall–Kier alpha value is -2.35. The summed E-state index contributed by atoms with van der Waals surface area (Å²) < 4.78 is 2.47. The molecule has 3 rings (SSSR count). The molecular weight excluding hydrogens is 448 g/mol. The lowest BCUT2D eigenvalue weighted by Crippen LogP contribution is -2.35. The molecule has 0 radical (unpaired) electrons. The van der Waals surface area contributed by atoms with Crippen LogP contribution in [0.15, 0.2) is 73.1 Å². The molecule has 0 aliphatic rings. The minimum Gasteiger partial charge on any atom is -0.335 e. The lowest BCUT2D eigenvalue weighted by molar-refractivity contribution is 0.328. The van der Waals surface area contributed by atoms with Crippen LogP contribution in [-0.4, -0.2) is 9.55 Å². The third kappa shape index (κ3) is 9.16. The fourth-order valence-corrected chi connectivity index (χ4v) is 6.05. The van der Waals surface area contributed by atoms with Crippen molar-refractivity contribution in [1.29, 1.82) is 0 Å². The van der Waals surface area contributed by atoms with Crippen LogP contribution in [0.25, 0.3) is 0 Å². The summed E-state index contributed by atoms with van der Waals surface area (Å²) in [5.41, 5.74) is 2.80. The van der Waals surface area contributed by atoms with Gasteiger partial charge in [0.1, 0.15) is 5.82 Å². The maximum absolute atomic E-state index is 5.00. The van der Waals surface area contributed by atoms with Gasteiger partial charge in [-0.3, -0.25) is 0 Å².